The summed E-state index contributed by atoms with van der Waals surface area (Å²) in [6.07, 6.45) is 1.35. The number of anilines is 1. The average molecular weight is 322 g/mol. The first-order valence-corrected chi connectivity index (χ1v) is 8.10. The summed E-state index contributed by atoms with van der Waals surface area (Å²) in [5.74, 6) is 0.465. The van der Waals surface area contributed by atoms with Crippen molar-refractivity contribution in [2.24, 2.45) is 0 Å². The van der Waals surface area contributed by atoms with Crippen molar-refractivity contribution < 1.29 is 13.9 Å². The van der Waals surface area contributed by atoms with E-state index >= 15 is 0 Å². The fourth-order valence-electron chi connectivity index (χ4n) is 2.99. The molecule has 1 aromatic heterocycles. The van der Waals surface area contributed by atoms with Crippen molar-refractivity contribution >= 4 is 22.7 Å². The standard InChI is InChI=1S/C19H18N2O3/c1-12-13(19-21-15-7-2-3-9-16(15)24-19)6-4-8-14(12)20-18(22)17-10-5-11-23-17/h2-4,6-9,17H,5,10-11H2,1H3,(H,20,22). The minimum absolute atomic E-state index is 0.0923. The van der Waals surface area contributed by atoms with Crippen molar-refractivity contribution in [1.82, 2.24) is 4.98 Å². The topological polar surface area (TPSA) is 64.4 Å². The predicted molar refractivity (Wildman–Crippen MR) is 91.8 cm³/mol. The number of nitrogens with zero attached hydrogens (tertiary/aromatic N) is 1. The summed E-state index contributed by atoms with van der Waals surface area (Å²) in [5.41, 5.74) is 4.13. The maximum absolute atomic E-state index is 12.3. The molecule has 1 saturated heterocycles. The second-order valence-corrected chi connectivity index (χ2v) is 5.96. The van der Waals surface area contributed by atoms with E-state index in [9.17, 15) is 4.79 Å². The smallest absolute Gasteiger partial charge is 0.253 e. The number of carbonyl (C=O) groups is 1. The molecule has 0 spiro atoms. The molecule has 2 heterocycles. The van der Waals surface area contributed by atoms with Crippen LogP contribution >= 0.6 is 0 Å². The summed E-state index contributed by atoms with van der Waals surface area (Å²) >= 11 is 0. The van der Waals surface area contributed by atoms with Crippen LogP contribution in [0.2, 0.25) is 0 Å². The van der Waals surface area contributed by atoms with Gasteiger partial charge in [-0.25, -0.2) is 4.98 Å². The number of ether oxygens (including phenoxy) is 1. The molecular weight excluding hydrogens is 304 g/mol. The van der Waals surface area contributed by atoms with Gasteiger partial charge >= 0.3 is 0 Å². The number of aromatic nitrogens is 1. The van der Waals surface area contributed by atoms with E-state index in [1.165, 1.54) is 0 Å². The molecule has 1 N–H and O–H groups in total. The lowest BCUT2D eigenvalue weighted by molar-refractivity contribution is -0.124. The minimum atomic E-state index is -0.350. The van der Waals surface area contributed by atoms with E-state index in [2.05, 4.69) is 10.3 Å². The molecule has 1 unspecified atom stereocenters. The molecule has 2 aromatic carbocycles. The summed E-state index contributed by atoms with van der Waals surface area (Å²) in [6, 6.07) is 13.4. The van der Waals surface area contributed by atoms with E-state index in [1.807, 2.05) is 49.4 Å². The maximum atomic E-state index is 12.3. The largest absolute Gasteiger partial charge is 0.436 e. The van der Waals surface area contributed by atoms with Gasteiger partial charge in [0.1, 0.15) is 11.6 Å². The van der Waals surface area contributed by atoms with E-state index in [4.69, 9.17) is 9.15 Å². The molecule has 5 nitrogen and oxygen atoms in total. The van der Waals surface area contributed by atoms with Crippen LogP contribution in [-0.2, 0) is 9.53 Å². The van der Waals surface area contributed by atoms with Crippen LogP contribution in [0.4, 0.5) is 5.69 Å². The molecule has 5 heteroatoms. The number of benzene rings is 2. The van der Waals surface area contributed by atoms with Gasteiger partial charge < -0.3 is 14.5 Å². The highest BCUT2D eigenvalue weighted by atomic mass is 16.5. The van der Waals surface area contributed by atoms with Gasteiger partial charge in [-0.05, 0) is 49.6 Å². The first-order valence-electron chi connectivity index (χ1n) is 8.10. The average Bonchev–Trinajstić information content (AvgIpc) is 3.26. The molecule has 1 aliphatic heterocycles. The monoisotopic (exact) mass is 322 g/mol. The second kappa shape index (κ2) is 6.09. The van der Waals surface area contributed by atoms with Crippen molar-refractivity contribution in [3.05, 3.63) is 48.0 Å². The van der Waals surface area contributed by atoms with Crippen molar-refractivity contribution in [3.8, 4) is 11.5 Å². The normalized spacial score (nSPS) is 17.3. The van der Waals surface area contributed by atoms with Crippen LogP contribution < -0.4 is 5.32 Å². The van der Waals surface area contributed by atoms with Crippen LogP contribution in [0.15, 0.2) is 46.9 Å². The number of hydrogen-bond donors (Lipinski definition) is 1. The zero-order valence-electron chi connectivity index (χ0n) is 13.4. The lowest BCUT2D eigenvalue weighted by atomic mass is 10.1. The Labute approximate surface area is 139 Å². The van der Waals surface area contributed by atoms with Crippen molar-refractivity contribution in [1.29, 1.82) is 0 Å². The molecule has 3 aromatic rings. The molecule has 4 rings (SSSR count). The summed E-state index contributed by atoms with van der Waals surface area (Å²) in [4.78, 5) is 16.8. The number of nitrogens with one attached hydrogen (secondary N) is 1. The van der Waals surface area contributed by atoms with Gasteiger partial charge in [0.25, 0.3) is 5.91 Å². The Morgan fingerprint density at radius 1 is 1.21 bits per heavy atom. The van der Waals surface area contributed by atoms with Gasteiger partial charge in [0.05, 0.1) is 0 Å². The number of oxazole rings is 1. The van der Waals surface area contributed by atoms with Crippen LogP contribution in [0.1, 0.15) is 18.4 Å². The van der Waals surface area contributed by atoms with Gasteiger partial charge in [-0.1, -0.05) is 18.2 Å². The van der Waals surface area contributed by atoms with Gasteiger partial charge in [0.2, 0.25) is 5.89 Å². The number of fused-ring (bicyclic) bond motifs is 1. The summed E-state index contributed by atoms with van der Waals surface area (Å²) in [5, 5.41) is 2.96. The van der Waals surface area contributed by atoms with Gasteiger partial charge in [0.15, 0.2) is 5.58 Å². The van der Waals surface area contributed by atoms with E-state index in [1.54, 1.807) is 0 Å². The highest BCUT2D eigenvalue weighted by molar-refractivity contribution is 5.95. The van der Waals surface area contributed by atoms with Crippen molar-refractivity contribution in [2.45, 2.75) is 25.9 Å². The van der Waals surface area contributed by atoms with Crippen molar-refractivity contribution in [3.63, 3.8) is 0 Å². The number of rotatable bonds is 3. The fourth-order valence-corrected chi connectivity index (χ4v) is 2.99. The number of para-hydroxylation sites is 2. The number of carbonyl (C=O) groups excluding carboxylic acids is 1. The molecule has 1 atom stereocenters. The summed E-state index contributed by atoms with van der Waals surface area (Å²) in [6.45, 7) is 2.61. The van der Waals surface area contributed by atoms with Gasteiger partial charge in [-0.3, -0.25) is 4.79 Å². The molecule has 24 heavy (non-hydrogen) atoms. The maximum Gasteiger partial charge on any atom is 0.253 e. The van der Waals surface area contributed by atoms with Gasteiger partial charge in [-0.2, -0.15) is 0 Å². The third kappa shape index (κ3) is 2.67. The molecule has 0 bridgehead atoms. The Hall–Kier alpha value is -2.66. The Morgan fingerprint density at radius 2 is 2.08 bits per heavy atom. The molecule has 0 aliphatic carbocycles. The molecule has 1 fully saturated rings. The Morgan fingerprint density at radius 3 is 2.88 bits per heavy atom. The van der Waals surface area contributed by atoms with E-state index < -0.39 is 0 Å². The summed E-state index contributed by atoms with van der Waals surface area (Å²) < 4.78 is 11.3. The van der Waals surface area contributed by atoms with Crippen molar-refractivity contribution in [2.75, 3.05) is 11.9 Å². The third-order valence-corrected chi connectivity index (χ3v) is 4.34. The Bertz CT molecular complexity index is 862. The zero-order valence-corrected chi connectivity index (χ0v) is 13.4. The summed E-state index contributed by atoms with van der Waals surface area (Å²) in [7, 11) is 0. The fraction of sp³-hybridized carbons (Fsp3) is 0.263. The molecule has 0 saturated carbocycles. The molecular formula is C19H18N2O3. The van der Waals surface area contributed by atoms with E-state index in [-0.39, 0.29) is 12.0 Å². The van der Waals surface area contributed by atoms with Gasteiger partial charge in [-0.15, -0.1) is 0 Å². The minimum Gasteiger partial charge on any atom is -0.436 e. The Kier molecular flexibility index (Phi) is 3.78. The lowest BCUT2D eigenvalue weighted by Crippen LogP contribution is -2.27. The van der Waals surface area contributed by atoms with E-state index in [0.29, 0.717) is 12.5 Å². The van der Waals surface area contributed by atoms with Crippen LogP contribution in [0.3, 0.4) is 0 Å². The van der Waals surface area contributed by atoms with Crippen LogP contribution in [-0.4, -0.2) is 23.6 Å². The first-order chi connectivity index (χ1) is 11.7. The molecule has 1 amide bonds. The number of amides is 1. The highest BCUT2D eigenvalue weighted by Crippen LogP contribution is 2.30. The SMILES string of the molecule is Cc1c(NC(=O)C2CCCO2)cccc1-c1nc2ccccc2o1. The van der Waals surface area contributed by atoms with Gasteiger partial charge in [0, 0.05) is 17.9 Å². The second-order valence-electron chi connectivity index (χ2n) is 5.96. The van der Waals surface area contributed by atoms with Crippen LogP contribution in [0.5, 0.6) is 0 Å². The molecule has 1 aliphatic rings. The lowest BCUT2D eigenvalue weighted by Gasteiger charge is -2.13. The predicted octanol–water partition coefficient (Wildman–Crippen LogP) is 3.92. The zero-order chi connectivity index (χ0) is 16.5. The highest BCUT2D eigenvalue weighted by Gasteiger charge is 2.24. The first kappa shape index (κ1) is 14.9. The van der Waals surface area contributed by atoms with Crippen LogP contribution in [0.25, 0.3) is 22.6 Å². The Balaban J connectivity index is 1.66. The molecule has 0 radical (unpaired) electrons. The van der Waals surface area contributed by atoms with Crippen LogP contribution in [0, 0.1) is 6.92 Å². The quantitative estimate of drug-likeness (QED) is 0.794. The molecule has 122 valence electrons. The number of hydrogen-bond acceptors (Lipinski definition) is 4. The third-order valence-electron chi connectivity index (χ3n) is 4.34. The van der Waals surface area contributed by atoms with E-state index in [0.717, 1.165) is 40.8 Å².